The van der Waals surface area contributed by atoms with Gasteiger partial charge in [0.15, 0.2) is 6.10 Å². The van der Waals surface area contributed by atoms with Crippen LogP contribution in [0.3, 0.4) is 0 Å². The van der Waals surface area contributed by atoms with E-state index in [0.717, 1.165) is 0 Å². The molecular weight excluding hydrogens is 368 g/mol. The van der Waals surface area contributed by atoms with E-state index in [1.54, 1.807) is 60.7 Å². The van der Waals surface area contributed by atoms with E-state index in [4.69, 9.17) is 14.7 Å². The molecule has 1 N–H and O–H groups in total. The van der Waals surface area contributed by atoms with Crippen LogP contribution in [0.25, 0.3) is 0 Å². The highest BCUT2D eigenvalue weighted by Crippen LogP contribution is 2.22. The molecule has 6 heteroatoms. The van der Waals surface area contributed by atoms with Gasteiger partial charge in [0.25, 0.3) is 5.91 Å². The van der Waals surface area contributed by atoms with Crippen molar-refractivity contribution < 1.29 is 19.1 Å². The van der Waals surface area contributed by atoms with Crippen LogP contribution in [0.1, 0.15) is 22.8 Å². The number of carbonyl (C=O) groups is 2. The van der Waals surface area contributed by atoms with Crippen LogP contribution in [0.2, 0.25) is 0 Å². The largest absolute Gasteiger partial charge is 0.457 e. The quantitative estimate of drug-likeness (QED) is 0.629. The molecule has 0 fully saturated rings. The number of hydrogen-bond acceptors (Lipinski definition) is 5. The third-order valence-electron chi connectivity index (χ3n) is 3.98. The first-order chi connectivity index (χ1) is 14.0. The third-order valence-corrected chi connectivity index (χ3v) is 3.98. The van der Waals surface area contributed by atoms with Gasteiger partial charge in [0.2, 0.25) is 0 Å². The van der Waals surface area contributed by atoms with Gasteiger partial charge in [-0.25, -0.2) is 4.79 Å². The molecule has 0 aliphatic rings. The Morgan fingerprint density at radius 3 is 2.31 bits per heavy atom. The van der Waals surface area contributed by atoms with Crippen molar-refractivity contribution in [3.63, 3.8) is 0 Å². The molecule has 0 radical (unpaired) electrons. The molecular formula is C23H18N2O4. The summed E-state index contributed by atoms with van der Waals surface area (Å²) in [6, 6.07) is 24.1. The first-order valence-electron chi connectivity index (χ1n) is 8.90. The average Bonchev–Trinajstić information content (AvgIpc) is 2.75. The standard InChI is InChI=1S/C23H18N2O4/c1-16(22(26)25-19-12-10-17(15-24)11-13-19)28-23(27)18-6-5-9-21(14-18)29-20-7-3-2-4-8-20/h2-14,16H,1H3,(H,25,26)/t16-/m0/s1. The fourth-order valence-electron chi connectivity index (χ4n) is 2.47. The number of para-hydroxylation sites is 1. The summed E-state index contributed by atoms with van der Waals surface area (Å²) in [6.07, 6.45) is -1.00. The van der Waals surface area contributed by atoms with E-state index >= 15 is 0 Å². The number of nitrogens with one attached hydrogen (secondary N) is 1. The number of ether oxygens (including phenoxy) is 2. The summed E-state index contributed by atoms with van der Waals surface area (Å²) in [6.45, 7) is 1.49. The fraction of sp³-hybridized carbons (Fsp3) is 0.0870. The maximum absolute atomic E-state index is 12.4. The Balaban J connectivity index is 1.60. The van der Waals surface area contributed by atoms with E-state index in [1.165, 1.54) is 6.92 Å². The molecule has 29 heavy (non-hydrogen) atoms. The highest BCUT2D eigenvalue weighted by molar-refractivity contribution is 5.97. The molecule has 6 nitrogen and oxygen atoms in total. The Morgan fingerprint density at radius 2 is 1.62 bits per heavy atom. The van der Waals surface area contributed by atoms with Gasteiger partial charge in [-0.3, -0.25) is 4.79 Å². The monoisotopic (exact) mass is 386 g/mol. The second-order valence-electron chi connectivity index (χ2n) is 6.17. The van der Waals surface area contributed by atoms with E-state index in [1.807, 2.05) is 24.3 Å². The zero-order chi connectivity index (χ0) is 20.6. The van der Waals surface area contributed by atoms with Gasteiger partial charge in [-0.15, -0.1) is 0 Å². The molecule has 0 saturated heterocycles. The number of esters is 1. The second-order valence-corrected chi connectivity index (χ2v) is 6.17. The summed E-state index contributed by atoms with van der Waals surface area (Å²) in [5, 5.41) is 11.4. The molecule has 144 valence electrons. The molecule has 0 aliphatic heterocycles. The fourth-order valence-corrected chi connectivity index (χ4v) is 2.47. The number of anilines is 1. The van der Waals surface area contributed by atoms with Crippen LogP contribution in [0.15, 0.2) is 78.9 Å². The summed E-state index contributed by atoms with van der Waals surface area (Å²) in [7, 11) is 0. The SMILES string of the molecule is C[C@H](OC(=O)c1cccc(Oc2ccccc2)c1)C(=O)Nc1ccc(C#N)cc1. The zero-order valence-electron chi connectivity index (χ0n) is 15.7. The summed E-state index contributed by atoms with van der Waals surface area (Å²) >= 11 is 0. The summed E-state index contributed by atoms with van der Waals surface area (Å²) in [4.78, 5) is 24.7. The van der Waals surface area contributed by atoms with Crippen LogP contribution >= 0.6 is 0 Å². The lowest BCUT2D eigenvalue weighted by atomic mass is 10.2. The smallest absolute Gasteiger partial charge is 0.339 e. The Kier molecular flexibility index (Phi) is 6.23. The molecule has 1 atom stereocenters. The molecule has 0 saturated carbocycles. The Hall–Kier alpha value is -4.11. The number of carbonyl (C=O) groups excluding carboxylic acids is 2. The minimum atomic E-state index is -1.00. The molecule has 0 aliphatic carbocycles. The Morgan fingerprint density at radius 1 is 0.931 bits per heavy atom. The number of nitriles is 1. The lowest BCUT2D eigenvalue weighted by Gasteiger charge is -2.14. The normalized spacial score (nSPS) is 11.0. The summed E-state index contributed by atoms with van der Waals surface area (Å²) in [5.41, 5.74) is 1.27. The lowest BCUT2D eigenvalue weighted by Crippen LogP contribution is -2.30. The molecule has 3 aromatic carbocycles. The summed E-state index contributed by atoms with van der Waals surface area (Å²) in [5.74, 6) is 0.0271. The van der Waals surface area contributed by atoms with Crippen LogP contribution in [0, 0.1) is 11.3 Å². The first kappa shape index (κ1) is 19.6. The Labute approximate surface area is 168 Å². The summed E-state index contributed by atoms with van der Waals surface area (Å²) < 4.78 is 11.0. The predicted octanol–water partition coefficient (Wildman–Crippen LogP) is 4.53. The maximum Gasteiger partial charge on any atom is 0.339 e. The van der Waals surface area contributed by atoms with Gasteiger partial charge in [-0.05, 0) is 61.5 Å². The molecule has 1 amide bonds. The van der Waals surface area contributed by atoms with E-state index in [9.17, 15) is 9.59 Å². The second kappa shape index (κ2) is 9.20. The van der Waals surface area contributed by atoms with Gasteiger partial charge in [0.1, 0.15) is 11.5 Å². The van der Waals surface area contributed by atoms with Gasteiger partial charge >= 0.3 is 5.97 Å². The molecule has 3 aromatic rings. The van der Waals surface area contributed by atoms with Crippen molar-refractivity contribution >= 4 is 17.6 Å². The number of rotatable bonds is 6. The molecule has 0 aromatic heterocycles. The van der Waals surface area contributed by atoms with Crippen LogP contribution in [0.4, 0.5) is 5.69 Å². The van der Waals surface area contributed by atoms with Crippen LogP contribution in [0.5, 0.6) is 11.5 Å². The van der Waals surface area contributed by atoms with E-state index < -0.39 is 18.0 Å². The van der Waals surface area contributed by atoms with Gasteiger partial charge in [0, 0.05) is 5.69 Å². The van der Waals surface area contributed by atoms with Crippen molar-refractivity contribution in [3.8, 4) is 17.6 Å². The topological polar surface area (TPSA) is 88.4 Å². The highest BCUT2D eigenvalue weighted by atomic mass is 16.5. The number of amides is 1. The van der Waals surface area contributed by atoms with Gasteiger partial charge < -0.3 is 14.8 Å². The lowest BCUT2D eigenvalue weighted by molar-refractivity contribution is -0.123. The molecule has 0 unspecified atom stereocenters. The number of hydrogen-bond donors (Lipinski definition) is 1. The average molecular weight is 386 g/mol. The van der Waals surface area contributed by atoms with E-state index in [2.05, 4.69) is 5.32 Å². The first-order valence-corrected chi connectivity index (χ1v) is 8.90. The predicted molar refractivity (Wildman–Crippen MR) is 108 cm³/mol. The van der Waals surface area contributed by atoms with Gasteiger partial charge in [0.05, 0.1) is 17.2 Å². The van der Waals surface area contributed by atoms with Crippen molar-refractivity contribution in [2.45, 2.75) is 13.0 Å². The van der Waals surface area contributed by atoms with Crippen LogP contribution in [-0.2, 0) is 9.53 Å². The zero-order valence-corrected chi connectivity index (χ0v) is 15.7. The van der Waals surface area contributed by atoms with Crippen molar-refractivity contribution in [2.75, 3.05) is 5.32 Å². The molecule has 0 heterocycles. The van der Waals surface area contributed by atoms with Crippen molar-refractivity contribution in [1.29, 1.82) is 5.26 Å². The Bertz CT molecular complexity index is 1040. The minimum Gasteiger partial charge on any atom is -0.457 e. The maximum atomic E-state index is 12.4. The number of nitrogens with zero attached hydrogens (tertiary/aromatic N) is 1. The molecule has 0 bridgehead atoms. The van der Waals surface area contributed by atoms with Gasteiger partial charge in [-0.2, -0.15) is 5.26 Å². The van der Waals surface area contributed by atoms with Crippen molar-refractivity contribution in [1.82, 2.24) is 0 Å². The van der Waals surface area contributed by atoms with E-state index in [0.29, 0.717) is 22.7 Å². The highest BCUT2D eigenvalue weighted by Gasteiger charge is 2.19. The molecule has 0 spiro atoms. The van der Waals surface area contributed by atoms with Gasteiger partial charge in [-0.1, -0.05) is 24.3 Å². The number of benzene rings is 3. The van der Waals surface area contributed by atoms with Crippen molar-refractivity contribution in [3.05, 3.63) is 90.0 Å². The third kappa shape index (κ3) is 5.44. The van der Waals surface area contributed by atoms with E-state index in [-0.39, 0.29) is 5.56 Å². The van der Waals surface area contributed by atoms with Crippen molar-refractivity contribution in [2.24, 2.45) is 0 Å². The molecule has 3 rings (SSSR count). The van der Waals surface area contributed by atoms with Crippen LogP contribution < -0.4 is 10.1 Å². The minimum absolute atomic E-state index is 0.274. The van der Waals surface area contributed by atoms with Crippen LogP contribution in [-0.4, -0.2) is 18.0 Å².